The summed E-state index contributed by atoms with van der Waals surface area (Å²) in [6.07, 6.45) is 20.6. The molecule has 0 radical (unpaired) electrons. The monoisotopic (exact) mass is 307 g/mol. The van der Waals surface area contributed by atoms with E-state index in [0.717, 1.165) is 32.0 Å². The molecule has 0 aromatic carbocycles. The lowest BCUT2D eigenvalue weighted by Gasteiger charge is -1.97. The van der Waals surface area contributed by atoms with Crippen LogP contribution in [0.15, 0.2) is 36.1 Å². The molecule has 4 nitrogen and oxygen atoms in total. The van der Waals surface area contributed by atoms with Crippen LogP contribution < -0.4 is 0 Å². The van der Waals surface area contributed by atoms with Gasteiger partial charge in [-0.25, -0.2) is 0 Å². The van der Waals surface area contributed by atoms with E-state index in [1.165, 1.54) is 19.3 Å². The number of hydrogen-bond acceptors (Lipinski definition) is 3. The lowest BCUT2D eigenvalue weighted by Crippen LogP contribution is -1.96. The number of aldehydes is 1. The Morgan fingerprint density at radius 2 is 1.50 bits per heavy atom. The summed E-state index contributed by atoms with van der Waals surface area (Å²) in [5.74, 6) is 0. The van der Waals surface area contributed by atoms with Gasteiger partial charge in [0.2, 0.25) is 5.70 Å². The fourth-order valence-electron chi connectivity index (χ4n) is 2.06. The minimum atomic E-state index is -0.313. The van der Waals surface area contributed by atoms with Crippen LogP contribution >= 0.6 is 0 Å². The van der Waals surface area contributed by atoms with Crippen molar-refractivity contribution in [3.8, 4) is 0 Å². The van der Waals surface area contributed by atoms with E-state index >= 15 is 0 Å². The van der Waals surface area contributed by atoms with E-state index in [1.807, 2.05) is 12.2 Å². The number of allylic oxidation sites excluding steroid dienone is 6. The fraction of sp³-hybridized carbons (Fsp3) is 0.611. The first-order valence-corrected chi connectivity index (χ1v) is 8.29. The Balaban J connectivity index is 3.52. The molecule has 0 rings (SSSR count). The summed E-state index contributed by atoms with van der Waals surface area (Å²) in [6.45, 7) is 1.80. The minimum absolute atomic E-state index is 0.285. The Bertz CT molecular complexity index is 384. The second-order valence-corrected chi connectivity index (χ2v) is 5.23. The second kappa shape index (κ2) is 15.7. The van der Waals surface area contributed by atoms with E-state index in [-0.39, 0.29) is 10.6 Å². The van der Waals surface area contributed by atoms with Crippen molar-refractivity contribution in [1.82, 2.24) is 0 Å². The molecule has 0 aromatic rings. The van der Waals surface area contributed by atoms with E-state index in [1.54, 1.807) is 13.0 Å². The highest BCUT2D eigenvalue weighted by molar-refractivity contribution is 5.48. The number of nitro groups is 1. The number of carbonyl (C=O) groups is 1. The van der Waals surface area contributed by atoms with Gasteiger partial charge in [0.1, 0.15) is 6.29 Å². The molecule has 0 spiro atoms. The largest absolute Gasteiger partial charge is 0.303 e. The molecule has 0 aliphatic carbocycles. The Kier molecular flexibility index (Phi) is 14.5. The van der Waals surface area contributed by atoms with Gasteiger partial charge >= 0.3 is 0 Å². The first-order valence-electron chi connectivity index (χ1n) is 8.29. The quantitative estimate of drug-likeness (QED) is 0.142. The highest BCUT2D eigenvalue weighted by Gasteiger charge is 2.03. The van der Waals surface area contributed by atoms with E-state index in [4.69, 9.17) is 0 Å². The number of nitrogens with zero attached hydrogens (tertiary/aromatic N) is 1. The number of unbranched alkanes of at least 4 members (excludes halogenated alkanes) is 6. The SMILES string of the molecule is CC/C(=C\C/C=C\C/C=C\CCCCCCCC=O)[N+](=O)[O-]. The van der Waals surface area contributed by atoms with Gasteiger partial charge in [-0.3, -0.25) is 10.1 Å². The molecular formula is C18H29NO3. The summed E-state index contributed by atoms with van der Waals surface area (Å²) in [5, 5.41) is 10.6. The number of carbonyl (C=O) groups excluding carboxylic acids is 1. The molecule has 0 amide bonds. The predicted molar refractivity (Wildman–Crippen MR) is 91.3 cm³/mol. The van der Waals surface area contributed by atoms with Crippen LogP contribution in [0.1, 0.15) is 71.1 Å². The summed E-state index contributed by atoms with van der Waals surface area (Å²) in [6, 6.07) is 0. The van der Waals surface area contributed by atoms with Gasteiger partial charge in [-0.15, -0.1) is 0 Å². The van der Waals surface area contributed by atoms with Crippen molar-refractivity contribution in [2.24, 2.45) is 0 Å². The van der Waals surface area contributed by atoms with Crippen molar-refractivity contribution in [2.45, 2.75) is 71.1 Å². The molecule has 0 saturated heterocycles. The third-order valence-corrected chi connectivity index (χ3v) is 3.38. The van der Waals surface area contributed by atoms with Crippen LogP contribution in [0.25, 0.3) is 0 Å². The molecule has 0 saturated carbocycles. The summed E-state index contributed by atoms with van der Waals surface area (Å²) in [7, 11) is 0. The molecule has 0 N–H and O–H groups in total. The van der Waals surface area contributed by atoms with Crippen LogP contribution in [0.4, 0.5) is 0 Å². The van der Waals surface area contributed by atoms with Gasteiger partial charge in [0.15, 0.2) is 0 Å². The molecule has 22 heavy (non-hydrogen) atoms. The van der Waals surface area contributed by atoms with E-state index in [0.29, 0.717) is 19.3 Å². The molecule has 0 atom stereocenters. The van der Waals surface area contributed by atoms with Gasteiger partial charge in [-0.2, -0.15) is 0 Å². The fourth-order valence-corrected chi connectivity index (χ4v) is 2.06. The van der Waals surface area contributed by atoms with Gasteiger partial charge in [0, 0.05) is 12.8 Å². The molecule has 0 fully saturated rings. The average Bonchev–Trinajstić information content (AvgIpc) is 2.51. The Labute approximate surface area is 134 Å². The van der Waals surface area contributed by atoms with Crippen molar-refractivity contribution in [1.29, 1.82) is 0 Å². The maximum Gasteiger partial charge on any atom is 0.242 e. The van der Waals surface area contributed by atoms with E-state index in [2.05, 4.69) is 12.2 Å². The second-order valence-electron chi connectivity index (χ2n) is 5.23. The molecule has 0 aliphatic heterocycles. The highest BCUT2D eigenvalue weighted by Crippen LogP contribution is 2.07. The molecule has 0 unspecified atom stereocenters. The van der Waals surface area contributed by atoms with Crippen molar-refractivity contribution >= 4 is 6.29 Å². The lowest BCUT2D eigenvalue weighted by molar-refractivity contribution is -0.427. The van der Waals surface area contributed by atoms with Crippen molar-refractivity contribution in [2.75, 3.05) is 0 Å². The normalized spacial score (nSPS) is 12.3. The smallest absolute Gasteiger partial charge is 0.242 e. The molecule has 124 valence electrons. The van der Waals surface area contributed by atoms with Crippen LogP contribution in [0.3, 0.4) is 0 Å². The summed E-state index contributed by atoms with van der Waals surface area (Å²) >= 11 is 0. The van der Waals surface area contributed by atoms with Crippen molar-refractivity contribution in [3.63, 3.8) is 0 Å². The zero-order valence-corrected chi connectivity index (χ0v) is 13.7. The topological polar surface area (TPSA) is 60.2 Å². The molecule has 0 heterocycles. The van der Waals surface area contributed by atoms with E-state index < -0.39 is 0 Å². The van der Waals surface area contributed by atoms with Crippen LogP contribution in [0, 0.1) is 10.1 Å². The standard InChI is InChI=1S/C18H29NO3/c1-2-18(19(21)22)16-14-12-10-8-6-4-3-5-7-9-11-13-15-17-20/h4,6,10,12,16-17H,2-3,5,7-9,11,13-15H2,1H3/b6-4-,12-10-,18-16+. The summed E-state index contributed by atoms with van der Waals surface area (Å²) in [5.41, 5.74) is 0.285. The Hall–Kier alpha value is -1.71. The minimum Gasteiger partial charge on any atom is -0.303 e. The third-order valence-electron chi connectivity index (χ3n) is 3.38. The lowest BCUT2D eigenvalue weighted by atomic mass is 10.1. The van der Waals surface area contributed by atoms with Gasteiger partial charge < -0.3 is 4.79 Å². The Morgan fingerprint density at radius 1 is 0.909 bits per heavy atom. The van der Waals surface area contributed by atoms with Crippen LogP contribution in [-0.2, 0) is 4.79 Å². The van der Waals surface area contributed by atoms with Crippen LogP contribution in [0.5, 0.6) is 0 Å². The third kappa shape index (κ3) is 13.3. The maximum absolute atomic E-state index is 10.6. The molecule has 0 bridgehead atoms. The van der Waals surface area contributed by atoms with Gasteiger partial charge in [-0.1, -0.05) is 50.5 Å². The number of rotatable bonds is 14. The first kappa shape index (κ1) is 20.3. The maximum atomic E-state index is 10.6. The molecule has 0 aromatic heterocycles. The molecule has 4 heteroatoms. The van der Waals surface area contributed by atoms with Gasteiger partial charge in [-0.05, 0) is 38.2 Å². The highest BCUT2D eigenvalue weighted by atomic mass is 16.6. The van der Waals surface area contributed by atoms with Gasteiger partial charge in [0.05, 0.1) is 4.92 Å². The summed E-state index contributed by atoms with van der Waals surface area (Å²) in [4.78, 5) is 20.4. The zero-order valence-electron chi connectivity index (χ0n) is 13.7. The Morgan fingerprint density at radius 3 is 2.14 bits per heavy atom. The van der Waals surface area contributed by atoms with Crippen molar-refractivity contribution < 1.29 is 9.72 Å². The van der Waals surface area contributed by atoms with Crippen molar-refractivity contribution in [3.05, 3.63) is 46.2 Å². The zero-order chi connectivity index (χ0) is 16.5. The summed E-state index contributed by atoms with van der Waals surface area (Å²) < 4.78 is 0. The first-order chi connectivity index (χ1) is 10.7. The van der Waals surface area contributed by atoms with Gasteiger partial charge in [0.25, 0.3) is 0 Å². The number of hydrogen-bond donors (Lipinski definition) is 0. The van der Waals surface area contributed by atoms with E-state index in [9.17, 15) is 14.9 Å². The van der Waals surface area contributed by atoms with Crippen LogP contribution in [-0.4, -0.2) is 11.2 Å². The van der Waals surface area contributed by atoms with Crippen LogP contribution in [0.2, 0.25) is 0 Å². The molecule has 0 aliphatic rings. The average molecular weight is 307 g/mol. The molecular weight excluding hydrogens is 278 g/mol. The predicted octanol–water partition coefficient (Wildman–Crippen LogP) is 5.38.